The van der Waals surface area contributed by atoms with Gasteiger partial charge in [-0.1, -0.05) is 20.8 Å². The number of hydrogen-bond donors (Lipinski definition) is 0. The van der Waals surface area contributed by atoms with E-state index in [0.717, 1.165) is 0 Å². The lowest BCUT2D eigenvalue weighted by molar-refractivity contribution is -0.141. The Balaban J connectivity index is 2.66. The Morgan fingerprint density at radius 1 is 1.40 bits per heavy atom. The summed E-state index contributed by atoms with van der Waals surface area (Å²) in [6.45, 7) is 12.9. The zero-order chi connectivity index (χ0) is 11.9. The van der Waals surface area contributed by atoms with E-state index in [1.54, 1.807) is 0 Å². The molecule has 0 N–H and O–H groups in total. The minimum atomic E-state index is -1.77. The molecule has 88 valence electrons. The van der Waals surface area contributed by atoms with Gasteiger partial charge in [0.2, 0.25) is 0 Å². The number of esters is 1. The summed E-state index contributed by atoms with van der Waals surface area (Å²) in [5, 5.41) is 0.179. The highest BCUT2D eigenvalue weighted by atomic mass is 28.4. The van der Waals surface area contributed by atoms with Gasteiger partial charge in [0.15, 0.2) is 8.32 Å². The average molecular weight is 230 g/mol. The van der Waals surface area contributed by atoms with Crippen LogP contribution in [0.1, 0.15) is 34.1 Å². The first-order chi connectivity index (χ1) is 6.63. The van der Waals surface area contributed by atoms with Gasteiger partial charge in [0.25, 0.3) is 0 Å². The first-order valence-corrected chi connectivity index (χ1v) is 8.41. The van der Waals surface area contributed by atoms with Crippen molar-refractivity contribution in [1.82, 2.24) is 0 Å². The predicted octanol–water partition coefficient (Wildman–Crippen LogP) is 2.71. The molecule has 3 nitrogen and oxygen atoms in total. The van der Waals surface area contributed by atoms with E-state index in [9.17, 15) is 4.79 Å². The van der Waals surface area contributed by atoms with E-state index < -0.39 is 8.32 Å². The van der Waals surface area contributed by atoms with Crippen LogP contribution in [0.5, 0.6) is 0 Å². The summed E-state index contributed by atoms with van der Waals surface area (Å²) in [6, 6.07) is 0. The van der Waals surface area contributed by atoms with Gasteiger partial charge < -0.3 is 9.16 Å². The van der Waals surface area contributed by atoms with Crippen molar-refractivity contribution in [2.45, 2.75) is 64.5 Å². The molecule has 0 saturated carbocycles. The quantitative estimate of drug-likeness (QED) is 0.540. The Hall–Kier alpha value is -0.353. The number of cyclic esters (lactones) is 1. The van der Waals surface area contributed by atoms with E-state index in [1.807, 2.05) is 6.92 Å². The molecule has 1 aliphatic rings. The highest BCUT2D eigenvalue weighted by Gasteiger charge is 2.43. The molecule has 1 aliphatic heterocycles. The molecule has 0 amide bonds. The highest BCUT2D eigenvalue weighted by Crippen LogP contribution is 2.38. The van der Waals surface area contributed by atoms with Crippen LogP contribution in [0.4, 0.5) is 0 Å². The Kier molecular flexibility index (Phi) is 3.31. The van der Waals surface area contributed by atoms with Crippen LogP contribution in [0.3, 0.4) is 0 Å². The lowest BCUT2D eigenvalue weighted by Gasteiger charge is -2.38. The van der Waals surface area contributed by atoms with Crippen LogP contribution in [-0.4, -0.2) is 26.5 Å². The summed E-state index contributed by atoms with van der Waals surface area (Å²) in [6.07, 6.45) is 0.276. The second kappa shape index (κ2) is 3.90. The number of carbonyl (C=O) groups excluding carboxylic acids is 1. The third-order valence-corrected chi connectivity index (χ3v) is 7.97. The minimum absolute atomic E-state index is 0.0432. The molecule has 0 aliphatic carbocycles. The standard InChI is InChI=1S/C11H22O3Si/c1-8-9(7-10(12)13-8)14-15(5,6)11(2,3)4/h8-9H,7H2,1-6H3/t8-,9+/m0/s1. The van der Waals surface area contributed by atoms with Crippen molar-refractivity contribution in [1.29, 1.82) is 0 Å². The Bertz CT molecular complexity index is 255. The van der Waals surface area contributed by atoms with Gasteiger partial charge in [-0.2, -0.15) is 0 Å². The van der Waals surface area contributed by atoms with Crippen LogP contribution < -0.4 is 0 Å². The smallest absolute Gasteiger partial charge is 0.308 e. The molecule has 1 saturated heterocycles. The largest absolute Gasteiger partial charge is 0.460 e. The van der Waals surface area contributed by atoms with Gasteiger partial charge in [-0.05, 0) is 25.1 Å². The molecule has 1 rings (SSSR count). The Morgan fingerprint density at radius 3 is 2.27 bits per heavy atom. The van der Waals surface area contributed by atoms with Crippen molar-refractivity contribution in [2.24, 2.45) is 0 Å². The van der Waals surface area contributed by atoms with Gasteiger partial charge in [0.05, 0.1) is 12.5 Å². The van der Waals surface area contributed by atoms with Gasteiger partial charge in [-0.3, -0.25) is 4.79 Å². The molecule has 0 spiro atoms. The van der Waals surface area contributed by atoms with Crippen LogP contribution in [-0.2, 0) is 14.0 Å². The van der Waals surface area contributed by atoms with Gasteiger partial charge in [0, 0.05) is 0 Å². The molecule has 1 fully saturated rings. The fraction of sp³-hybridized carbons (Fsp3) is 0.909. The molecule has 0 bridgehead atoms. The van der Waals surface area contributed by atoms with Crippen LogP contribution in [0.2, 0.25) is 18.1 Å². The zero-order valence-corrected chi connectivity index (χ0v) is 11.6. The van der Waals surface area contributed by atoms with Crippen LogP contribution in [0.15, 0.2) is 0 Å². The molecule has 0 aromatic heterocycles. The van der Waals surface area contributed by atoms with Crippen LogP contribution in [0.25, 0.3) is 0 Å². The summed E-state index contributed by atoms with van der Waals surface area (Å²) < 4.78 is 11.2. The molecule has 4 heteroatoms. The summed E-state index contributed by atoms with van der Waals surface area (Å²) in [4.78, 5) is 11.1. The monoisotopic (exact) mass is 230 g/mol. The van der Waals surface area contributed by atoms with E-state index in [2.05, 4.69) is 33.9 Å². The van der Waals surface area contributed by atoms with E-state index in [0.29, 0.717) is 6.42 Å². The Labute approximate surface area is 93.3 Å². The summed E-state index contributed by atoms with van der Waals surface area (Å²) in [7, 11) is -1.77. The summed E-state index contributed by atoms with van der Waals surface area (Å²) >= 11 is 0. The van der Waals surface area contributed by atoms with Gasteiger partial charge >= 0.3 is 5.97 Å². The van der Waals surface area contributed by atoms with Gasteiger partial charge in [-0.25, -0.2) is 0 Å². The number of rotatable bonds is 2. The first kappa shape index (κ1) is 12.7. The van der Waals surface area contributed by atoms with Gasteiger partial charge in [0.1, 0.15) is 6.10 Å². The van der Waals surface area contributed by atoms with E-state index in [1.165, 1.54) is 0 Å². The normalized spacial score (nSPS) is 28.0. The van der Waals surface area contributed by atoms with Crippen LogP contribution >= 0.6 is 0 Å². The average Bonchev–Trinajstić information content (AvgIpc) is 2.26. The third kappa shape index (κ3) is 2.81. The van der Waals surface area contributed by atoms with E-state index >= 15 is 0 Å². The predicted molar refractivity (Wildman–Crippen MR) is 62.2 cm³/mol. The van der Waals surface area contributed by atoms with Gasteiger partial charge in [-0.15, -0.1) is 0 Å². The van der Waals surface area contributed by atoms with Crippen molar-refractivity contribution in [3.05, 3.63) is 0 Å². The number of ether oxygens (including phenoxy) is 1. The second-order valence-electron chi connectivity index (χ2n) is 5.82. The van der Waals surface area contributed by atoms with Crippen molar-refractivity contribution in [3.8, 4) is 0 Å². The SMILES string of the molecule is C[C@@H]1OC(=O)C[C@H]1O[Si](C)(C)C(C)(C)C. The maximum absolute atomic E-state index is 11.1. The van der Waals surface area contributed by atoms with E-state index in [4.69, 9.17) is 9.16 Å². The van der Waals surface area contributed by atoms with Crippen molar-refractivity contribution in [2.75, 3.05) is 0 Å². The van der Waals surface area contributed by atoms with E-state index in [-0.39, 0.29) is 23.2 Å². The number of hydrogen-bond acceptors (Lipinski definition) is 3. The maximum Gasteiger partial charge on any atom is 0.308 e. The number of carbonyl (C=O) groups is 1. The third-order valence-electron chi connectivity index (χ3n) is 3.46. The molecular formula is C11H22O3Si. The minimum Gasteiger partial charge on any atom is -0.460 e. The highest BCUT2D eigenvalue weighted by molar-refractivity contribution is 6.74. The molecule has 0 aromatic carbocycles. The molecule has 1 heterocycles. The van der Waals surface area contributed by atoms with Crippen molar-refractivity contribution >= 4 is 14.3 Å². The second-order valence-corrected chi connectivity index (χ2v) is 10.6. The molecule has 0 aromatic rings. The fourth-order valence-electron chi connectivity index (χ4n) is 1.35. The lowest BCUT2D eigenvalue weighted by atomic mass is 10.2. The topological polar surface area (TPSA) is 35.5 Å². The molecule has 15 heavy (non-hydrogen) atoms. The molecule has 0 unspecified atom stereocenters. The van der Waals surface area contributed by atoms with Crippen molar-refractivity contribution in [3.63, 3.8) is 0 Å². The Morgan fingerprint density at radius 2 is 1.93 bits per heavy atom. The molecule has 2 atom stereocenters. The first-order valence-electron chi connectivity index (χ1n) is 5.51. The molecule has 0 radical (unpaired) electrons. The summed E-state index contributed by atoms with van der Waals surface area (Å²) in [5.41, 5.74) is 0. The fourth-order valence-corrected chi connectivity index (χ4v) is 2.74. The van der Waals surface area contributed by atoms with Crippen LogP contribution in [0, 0.1) is 0 Å². The molecular weight excluding hydrogens is 208 g/mol. The zero-order valence-electron chi connectivity index (χ0n) is 10.6. The lowest BCUT2D eigenvalue weighted by Crippen LogP contribution is -2.45. The summed E-state index contributed by atoms with van der Waals surface area (Å²) in [5.74, 6) is -0.133. The van der Waals surface area contributed by atoms with Crippen molar-refractivity contribution < 1.29 is 14.0 Å². The maximum atomic E-state index is 11.1.